The summed E-state index contributed by atoms with van der Waals surface area (Å²) in [6.45, 7) is 6.89. The van der Waals surface area contributed by atoms with Gasteiger partial charge in [0.05, 0.1) is 18.4 Å². The second-order valence-electron chi connectivity index (χ2n) is 4.50. The molecule has 0 aliphatic rings. The molecule has 17 heavy (non-hydrogen) atoms. The summed E-state index contributed by atoms with van der Waals surface area (Å²) >= 11 is 0. The Morgan fingerprint density at radius 2 is 1.94 bits per heavy atom. The number of nitrogens with two attached hydrogens (primary N) is 1. The Labute approximate surface area is 101 Å². The molecule has 2 aromatic rings. The number of nitrogens with zero attached hydrogens (tertiary/aromatic N) is 3. The van der Waals surface area contributed by atoms with Crippen LogP contribution in [0.15, 0.2) is 24.4 Å². The van der Waals surface area contributed by atoms with E-state index in [1.807, 2.05) is 17.8 Å². The SMILES string of the molecule is Cc1cccc(C)c1Cn1cc(C(C)N)nn1. The topological polar surface area (TPSA) is 56.7 Å². The molecule has 0 spiro atoms. The Balaban J connectivity index is 2.25. The van der Waals surface area contributed by atoms with Crippen molar-refractivity contribution in [3.8, 4) is 0 Å². The summed E-state index contributed by atoms with van der Waals surface area (Å²) in [5.41, 5.74) is 10.5. The second kappa shape index (κ2) is 4.67. The summed E-state index contributed by atoms with van der Waals surface area (Å²) in [5.74, 6) is 0. The van der Waals surface area contributed by atoms with Crippen LogP contribution in [0.4, 0.5) is 0 Å². The number of aryl methyl sites for hydroxylation is 2. The lowest BCUT2D eigenvalue weighted by Gasteiger charge is -2.08. The summed E-state index contributed by atoms with van der Waals surface area (Å²) in [6, 6.07) is 6.24. The van der Waals surface area contributed by atoms with Crippen LogP contribution < -0.4 is 5.73 Å². The third kappa shape index (κ3) is 2.53. The molecule has 0 amide bonds. The highest BCUT2D eigenvalue weighted by Crippen LogP contribution is 2.15. The van der Waals surface area contributed by atoms with E-state index in [0.717, 1.165) is 12.2 Å². The van der Waals surface area contributed by atoms with Crippen LogP contribution in [0.5, 0.6) is 0 Å². The molecule has 0 saturated heterocycles. The molecule has 0 radical (unpaired) electrons. The van der Waals surface area contributed by atoms with E-state index in [4.69, 9.17) is 5.73 Å². The molecule has 1 atom stereocenters. The summed E-state index contributed by atoms with van der Waals surface area (Å²) in [7, 11) is 0. The van der Waals surface area contributed by atoms with Crippen LogP contribution in [0.2, 0.25) is 0 Å². The van der Waals surface area contributed by atoms with Gasteiger partial charge in [-0.1, -0.05) is 23.4 Å². The highest BCUT2D eigenvalue weighted by Gasteiger charge is 2.07. The molecule has 1 heterocycles. The first-order valence-corrected chi connectivity index (χ1v) is 5.78. The standard InChI is InChI=1S/C13H18N4/c1-9-5-4-6-10(2)12(9)7-17-8-13(11(3)14)15-16-17/h4-6,8,11H,7,14H2,1-3H3. The van der Waals surface area contributed by atoms with Crippen molar-refractivity contribution in [1.82, 2.24) is 15.0 Å². The third-order valence-corrected chi connectivity index (χ3v) is 2.99. The average molecular weight is 230 g/mol. The lowest BCUT2D eigenvalue weighted by molar-refractivity contribution is 0.644. The smallest absolute Gasteiger partial charge is 0.0991 e. The van der Waals surface area contributed by atoms with E-state index < -0.39 is 0 Å². The first kappa shape index (κ1) is 11.8. The van der Waals surface area contributed by atoms with Crippen LogP contribution in [0.3, 0.4) is 0 Å². The van der Waals surface area contributed by atoms with Gasteiger partial charge >= 0.3 is 0 Å². The van der Waals surface area contributed by atoms with Crippen LogP contribution in [-0.4, -0.2) is 15.0 Å². The number of hydrogen-bond acceptors (Lipinski definition) is 3. The van der Waals surface area contributed by atoms with E-state index >= 15 is 0 Å². The van der Waals surface area contributed by atoms with Crippen molar-refractivity contribution in [1.29, 1.82) is 0 Å². The minimum absolute atomic E-state index is 0.0679. The van der Waals surface area contributed by atoms with E-state index in [9.17, 15) is 0 Å². The lowest BCUT2D eigenvalue weighted by atomic mass is 10.0. The van der Waals surface area contributed by atoms with Gasteiger partial charge in [-0.2, -0.15) is 0 Å². The zero-order valence-electron chi connectivity index (χ0n) is 10.5. The van der Waals surface area contributed by atoms with Crippen LogP contribution in [0.1, 0.15) is 35.3 Å². The van der Waals surface area contributed by atoms with Crippen LogP contribution >= 0.6 is 0 Å². The fraction of sp³-hybridized carbons (Fsp3) is 0.385. The van der Waals surface area contributed by atoms with E-state index in [1.165, 1.54) is 16.7 Å². The van der Waals surface area contributed by atoms with Crippen LogP contribution in [0.25, 0.3) is 0 Å². The molecule has 0 saturated carbocycles. The Kier molecular flexibility index (Phi) is 3.24. The van der Waals surface area contributed by atoms with Crippen molar-refractivity contribution in [3.05, 3.63) is 46.8 Å². The maximum absolute atomic E-state index is 5.76. The van der Waals surface area contributed by atoms with E-state index in [2.05, 4.69) is 42.4 Å². The highest BCUT2D eigenvalue weighted by molar-refractivity contribution is 5.33. The second-order valence-corrected chi connectivity index (χ2v) is 4.50. The first-order chi connectivity index (χ1) is 8.08. The van der Waals surface area contributed by atoms with Gasteiger partial charge in [-0.3, -0.25) is 0 Å². The maximum Gasteiger partial charge on any atom is 0.0991 e. The number of benzene rings is 1. The normalized spacial score (nSPS) is 12.7. The minimum atomic E-state index is -0.0679. The minimum Gasteiger partial charge on any atom is -0.323 e. The van der Waals surface area contributed by atoms with Gasteiger partial charge in [0.2, 0.25) is 0 Å². The van der Waals surface area contributed by atoms with Crippen molar-refractivity contribution < 1.29 is 0 Å². The Bertz CT molecular complexity index is 494. The van der Waals surface area contributed by atoms with E-state index in [0.29, 0.717) is 0 Å². The number of rotatable bonds is 3. The van der Waals surface area contributed by atoms with Crippen molar-refractivity contribution in [2.75, 3.05) is 0 Å². The van der Waals surface area contributed by atoms with Crippen molar-refractivity contribution >= 4 is 0 Å². The fourth-order valence-electron chi connectivity index (χ4n) is 1.86. The molecule has 1 aromatic heterocycles. The quantitative estimate of drug-likeness (QED) is 0.877. The molecule has 1 unspecified atom stereocenters. The Morgan fingerprint density at radius 3 is 2.47 bits per heavy atom. The molecular formula is C13H18N4. The van der Waals surface area contributed by atoms with E-state index in [1.54, 1.807) is 0 Å². The number of hydrogen-bond donors (Lipinski definition) is 1. The maximum atomic E-state index is 5.76. The van der Waals surface area contributed by atoms with Crippen molar-refractivity contribution in [2.45, 2.75) is 33.4 Å². The number of aromatic nitrogens is 3. The molecule has 0 aliphatic carbocycles. The largest absolute Gasteiger partial charge is 0.323 e. The first-order valence-electron chi connectivity index (χ1n) is 5.78. The Morgan fingerprint density at radius 1 is 1.29 bits per heavy atom. The fourth-order valence-corrected chi connectivity index (χ4v) is 1.86. The van der Waals surface area contributed by atoms with Gasteiger partial charge in [0.1, 0.15) is 0 Å². The zero-order chi connectivity index (χ0) is 12.4. The van der Waals surface area contributed by atoms with Crippen molar-refractivity contribution in [2.24, 2.45) is 5.73 Å². The molecule has 90 valence electrons. The van der Waals surface area contributed by atoms with Crippen LogP contribution in [-0.2, 0) is 6.54 Å². The average Bonchev–Trinajstić information content (AvgIpc) is 2.72. The third-order valence-electron chi connectivity index (χ3n) is 2.99. The van der Waals surface area contributed by atoms with Gasteiger partial charge in [-0.05, 0) is 37.5 Å². The van der Waals surface area contributed by atoms with Gasteiger partial charge in [0, 0.05) is 6.04 Å². The molecule has 0 aliphatic heterocycles. The predicted molar refractivity (Wildman–Crippen MR) is 67.6 cm³/mol. The zero-order valence-corrected chi connectivity index (χ0v) is 10.5. The summed E-state index contributed by atoms with van der Waals surface area (Å²) in [6.07, 6.45) is 1.91. The molecule has 4 heteroatoms. The monoisotopic (exact) mass is 230 g/mol. The van der Waals surface area contributed by atoms with E-state index in [-0.39, 0.29) is 6.04 Å². The van der Waals surface area contributed by atoms with Gasteiger partial charge in [0.25, 0.3) is 0 Å². The molecule has 2 N–H and O–H groups in total. The highest BCUT2D eigenvalue weighted by atomic mass is 15.4. The summed E-state index contributed by atoms with van der Waals surface area (Å²) < 4.78 is 1.84. The Hall–Kier alpha value is -1.68. The molecule has 2 rings (SSSR count). The van der Waals surface area contributed by atoms with Crippen LogP contribution in [0, 0.1) is 13.8 Å². The van der Waals surface area contributed by atoms with Gasteiger partial charge in [0.15, 0.2) is 0 Å². The van der Waals surface area contributed by atoms with Gasteiger partial charge in [-0.25, -0.2) is 4.68 Å². The molecule has 1 aromatic carbocycles. The summed E-state index contributed by atoms with van der Waals surface area (Å²) in [4.78, 5) is 0. The molecule has 0 bridgehead atoms. The van der Waals surface area contributed by atoms with Crippen molar-refractivity contribution in [3.63, 3.8) is 0 Å². The molecule has 0 fully saturated rings. The lowest BCUT2D eigenvalue weighted by Crippen LogP contribution is -2.05. The van der Waals surface area contributed by atoms with Gasteiger partial charge < -0.3 is 5.73 Å². The summed E-state index contributed by atoms with van der Waals surface area (Å²) in [5, 5.41) is 8.16. The molecule has 4 nitrogen and oxygen atoms in total. The predicted octanol–water partition coefficient (Wildman–Crippen LogP) is 1.96. The van der Waals surface area contributed by atoms with Gasteiger partial charge in [-0.15, -0.1) is 5.10 Å². The molecular weight excluding hydrogens is 212 g/mol.